The molecule has 0 aromatic rings. The zero-order chi connectivity index (χ0) is 6.41. The van der Waals surface area contributed by atoms with E-state index in [1.165, 1.54) is 12.0 Å². The van der Waals surface area contributed by atoms with E-state index in [9.17, 15) is 0 Å². The molecule has 82 valence electrons. The number of aliphatic hydroxyl groups is 2. The van der Waals surface area contributed by atoms with Gasteiger partial charge in [0.25, 0.3) is 0 Å². The summed E-state index contributed by atoms with van der Waals surface area (Å²) in [5, 5.41) is 16.7. The van der Waals surface area contributed by atoms with Crippen LogP contribution in [0.4, 0.5) is 0 Å². The number of aliphatic hydroxyl groups excluding tert-OH is 2. The summed E-state index contributed by atoms with van der Waals surface area (Å²) in [5.41, 5.74) is 0. The summed E-state index contributed by atoms with van der Waals surface area (Å²) in [7, 11) is 1.50. The fourth-order valence-electron chi connectivity index (χ4n) is 0.309. The average Bonchev–Trinajstić information content (AvgIpc) is 1.83. The molecule has 0 bridgehead atoms. The van der Waals surface area contributed by atoms with Crippen molar-refractivity contribution in [2.24, 2.45) is 0 Å². The first-order valence-corrected chi connectivity index (χ1v) is 2.28. The fourth-order valence-corrected chi connectivity index (χ4v) is 0.309. The Hall–Kier alpha value is -0.160. The van der Waals surface area contributed by atoms with Crippen molar-refractivity contribution in [1.82, 2.24) is 4.90 Å². The Morgan fingerprint density at radius 1 is 1.00 bits per heavy atom. The maximum Gasteiger partial charge on any atom is 0.102 e. The Kier molecular flexibility index (Phi) is 55.6. The van der Waals surface area contributed by atoms with Crippen molar-refractivity contribution in [3.8, 4) is 0 Å². The van der Waals surface area contributed by atoms with E-state index in [1.807, 2.05) is 0 Å². The van der Waals surface area contributed by atoms with Gasteiger partial charge in [-0.2, -0.15) is 0 Å². The Bertz CT molecular complexity index is 49.6. The zero-order valence-electron chi connectivity index (χ0n) is 4.87. The molecule has 12 heavy (non-hydrogen) atoms. The second-order valence-electron chi connectivity index (χ2n) is 1.37. The van der Waals surface area contributed by atoms with Gasteiger partial charge in [-0.05, 0) is 0 Å². The van der Waals surface area contributed by atoms with Gasteiger partial charge in [0.2, 0.25) is 0 Å². The van der Waals surface area contributed by atoms with Crippen LogP contribution in [0, 0.1) is 0 Å². The van der Waals surface area contributed by atoms with E-state index in [1.54, 1.807) is 0 Å². The minimum Gasteiger partial charge on any atom is -0.381 e. The molecule has 0 heterocycles. The highest BCUT2D eigenvalue weighted by Gasteiger charge is 1.95. The summed E-state index contributed by atoms with van der Waals surface area (Å²) < 4.78 is 4.59. The highest BCUT2D eigenvalue weighted by Crippen LogP contribution is 1.80. The van der Waals surface area contributed by atoms with Crippen LogP contribution >= 0.6 is 0 Å². The summed E-state index contributed by atoms with van der Waals surface area (Å²) in [5.74, 6) is 0. The van der Waals surface area contributed by atoms with Crippen molar-refractivity contribution >= 4 is 0 Å². The van der Waals surface area contributed by atoms with Crippen LogP contribution in [0.1, 0.15) is 29.7 Å². The molecule has 0 aliphatic carbocycles. The molecule has 0 fully saturated rings. The van der Waals surface area contributed by atoms with Crippen molar-refractivity contribution in [2.45, 2.75) is 29.7 Å². The molecule has 0 aromatic carbocycles. The van der Waals surface area contributed by atoms with Gasteiger partial charge in [0.05, 0.1) is 13.5 Å². The molecule has 0 spiro atoms. The number of rotatable bonds is 4. The summed E-state index contributed by atoms with van der Waals surface area (Å²) in [4.78, 5) is 1.32. The molecule has 4 nitrogen and oxygen atoms in total. The van der Waals surface area contributed by atoms with Gasteiger partial charge < -0.3 is 14.9 Å². The lowest BCUT2D eigenvalue weighted by Crippen LogP contribution is -2.27. The molecule has 0 aliphatic heterocycles. The first-order chi connectivity index (χ1) is 3.85. The molecule has 0 aliphatic rings. The van der Waals surface area contributed by atoms with Gasteiger partial charge in [-0.15, -0.1) is 0 Å². The number of hydrogen-bond donors (Lipinski definition) is 2. The Morgan fingerprint density at radius 3 is 1.42 bits per heavy atom. The maximum absolute atomic E-state index is 8.34. The number of hydrogen-bond acceptors (Lipinski definition) is 4. The molecule has 2 N–H and O–H groups in total. The van der Waals surface area contributed by atoms with Crippen LogP contribution in [-0.2, 0) is 4.74 Å². The van der Waals surface area contributed by atoms with Crippen LogP contribution in [0.2, 0.25) is 0 Å². The molecule has 4 heteroatoms. The smallest absolute Gasteiger partial charge is 0.102 e. The van der Waals surface area contributed by atoms with E-state index in [0.717, 1.165) is 0 Å². The van der Waals surface area contributed by atoms with Gasteiger partial charge >= 0.3 is 0 Å². The fraction of sp³-hybridized carbons (Fsp3) is 1.00. The van der Waals surface area contributed by atoms with Crippen molar-refractivity contribution in [1.29, 1.82) is 0 Å². The molecule has 0 saturated carbocycles. The lowest BCUT2D eigenvalue weighted by Gasteiger charge is -2.13. The van der Waals surface area contributed by atoms with Crippen molar-refractivity contribution in [3.63, 3.8) is 0 Å². The topological polar surface area (TPSA) is 52.9 Å². The van der Waals surface area contributed by atoms with E-state index in [4.69, 9.17) is 10.2 Å². The van der Waals surface area contributed by atoms with Crippen molar-refractivity contribution in [2.75, 3.05) is 27.3 Å². The Labute approximate surface area is 77.8 Å². The van der Waals surface area contributed by atoms with Gasteiger partial charge in [0.1, 0.15) is 6.73 Å². The maximum atomic E-state index is 8.34. The number of methoxy groups -OCH3 is 1. The predicted octanol–water partition coefficient (Wildman–Crippen LogP) is 1.34. The van der Waals surface area contributed by atoms with Gasteiger partial charge in [-0.3, -0.25) is 0 Å². The Morgan fingerprint density at radius 2 is 1.33 bits per heavy atom. The molecular formula is C8H27NO3. The quantitative estimate of drug-likeness (QED) is 0.649. The van der Waals surface area contributed by atoms with Gasteiger partial charge in [0, 0.05) is 7.11 Å². The SMILES string of the molecule is C.C.C.C.COCN(CO)CO. The summed E-state index contributed by atoms with van der Waals surface area (Å²) in [6.07, 6.45) is 0. The lowest BCUT2D eigenvalue weighted by molar-refractivity contribution is -0.0428. The molecule has 0 aromatic heterocycles. The molecule has 0 rings (SSSR count). The first kappa shape index (κ1) is 29.7. The van der Waals surface area contributed by atoms with Crippen molar-refractivity contribution < 1.29 is 14.9 Å². The highest BCUT2D eigenvalue weighted by atomic mass is 16.5. The number of nitrogens with zero attached hydrogens (tertiary/aromatic N) is 1. The van der Waals surface area contributed by atoms with E-state index < -0.39 is 0 Å². The summed E-state index contributed by atoms with van der Waals surface area (Å²) in [6.45, 7) is -0.0956. The largest absolute Gasteiger partial charge is 0.381 e. The average molecular weight is 185 g/mol. The van der Waals surface area contributed by atoms with Gasteiger partial charge in [-0.1, -0.05) is 29.7 Å². The standard InChI is InChI=1S/C4H11NO3.4CH4/c1-8-4-5(2-6)3-7;;;;/h6-7H,2-4H2,1H3;4*1H4. The minimum absolute atomic E-state index is 0. The molecule has 0 amide bonds. The minimum atomic E-state index is -0.176. The van der Waals surface area contributed by atoms with E-state index in [2.05, 4.69) is 4.74 Å². The third-order valence-electron chi connectivity index (χ3n) is 0.712. The highest BCUT2D eigenvalue weighted by molar-refractivity contribution is 4.30. The predicted molar refractivity (Wildman–Crippen MR) is 54.8 cm³/mol. The summed E-state index contributed by atoms with van der Waals surface area (Å²) >= 11 is 0. The van der Waals surface area contributed by atoms with Crippen molar-refractivity contribution in [3.05, 3.63) is 0 Å². The molecule has 0 unspecified atom stereocenters. The van der Waals surface area contributed by atoms with Gasteiger partial charge in [0.15, 0.2) is 0 Å². The second kappa shape index (κ2) is 22.4. The van der Waals surface area contributed by atoms with E-state index >= 15 is 0 Å². The van der Waals surface area contributed by atoms with E-state index in [0.29, 0.717) is 0 Å². The number of ether oxygens (including phenoxy) is 1. The normalized spacial score (nSPS) is 7.00. The zero-order valence-corrected chi connectivity index (χ0v) is 4.87. The lowest BCUT2D eigenvalue weighted by atomic mass is 10.9. The summed E-state index contributed by atoms with van der Waals surface area (Å²) in [6, 6.07) is 0. The van der Waals surface area contributed by atoms with E-state index in [-0.39, 0.29) is 49.9 Å². The van der Waals surface area contributed by atoms with Crippen LogP contribution in [0.15, 0.2) is 0 Å². The molecule has 0 atom stereocenters. The third-order valence-corrected chi connectivity index (χ3v) is 0.712. The van der Waals surface area contributed by atoms with Crippen LogP contribution in [-0.4, -0.2) is 42.4 Å². The second-order valence-corrected chi connectivity index (χ2v) is 1.37. The van der Waals surface area contributed by atoms with Crippen LogP contribution in [0.5, 0.6) is 0 Å². The molecule has 0 radical (unpaired) electrons. The first-order valence-electron chi connectivity index (χ1n) is 2.28. The van der Waals surface area contributed by atoms with Crippen LogP contribution in [0.3, 0.4) is 0 Å². The molecule has 0 saturated heterocycles. The van der Waals surface area contributed by atoms with Gasteiger partial charge in [-0.25, -0.2) is 4.90 Å². The third kappa shape index (κ3) is 16.4. The molecular weight excluding hydrogens is 158 g/mol. The monoisotopic (exact) mass is 185 g/mol. The van der Waals surface area contributed by atoms with Crippen LogP contribution in [0.25, 0.3) is 0 Å². The van der Waals surface area contributed by atoms with Crippen LogP contribution < -0.4 is 0 Å². The Balaban J connectivity index is -0.0000000408.